The van der Waals surface area contributed by atoms with E-state index in [1.165, 1.54) is 0 Å². The van der Waals surface area contributed by atoms with Gasteiger partial charge >= 0.3 is 0 Å². The van der Waals surface area contributed by atoms with Gasteiger partial charge in [-0.3, -0.25) is 4.79 Å². The van der Waals surface area contributed by atoms with E-state index in [1.54, 1.807) is 6.92 Å². The van der Waals surface area contributed by atoms with Gasteiger partial charge in [-0.15, -0.1) is 0 Å². The summed E-state index contributed by atoms with van der Waals surface area (Å²) in [5, 5.41) is 2.92. The van der Waals surface area contributed by atoms with Gasteiger partial charge in [-0.05, 0) is 40.5 Å². The average Bonchev–Trinajstić information content (AvgIpc) is 2.17. The van der Waals surface area contributed by atoms with E-state index < -0.39 is 0 Å². The van der Waals surface area contributed by atoms with Crippen molar-refractivity contribution in [2.75, 3.05) is 6.61 Å². The van der Waals surface area contributed by atoms with Gasteiger partial charge < -0.3 is 10.1 Å². The van der Waals surface area contributed by atoms with Gasteiger partial charge in [-0.2, -0.15) is 0 Å². The monoisotopic (exact) mass is 259 g/mol. The fourth-order valence-corrected chi connectivity index (χ4v) is 1.80. The zero-order valence-electron chi connectivity index (χ0n) is 13.6. The van der Waals surface area contributed by atoms with Crippen LogP contribution in [0.1, 0.15) is 74.7 Å². The highest BCUT2D eigenvalue weighted by molar-refractivity contribution is 5.73. The molecule has 0 aliphatic heterocycles. The summed E-state index contributed by atoms with van der Waals surface area (Å²) >= 11 is 0. The standard InChI is InChI=1S/C13H27NO2.C2H6/c1-7-8-13(5,6)16-10-9-12(3,4)14-11(2)15;1-2/h7-10H2,1-6H3,(H,14,15);1-2H3. The van der Waals surface area contributed by atoms with Gasteiger partial charge in [0.25, 0.3) is 0 Å². The molecule has 3 heteroatoms. The second-order valence-electron chi connectivity index (χ2n) is 5.67. The van der Waals surface area contributed by atoms with Crippen molar-refractivity contribution in [1.29, 1.82) is 0 Å². The molecule has 0 heterocycles. The molecule has 0 fully saturated rings. The van der Waals surface area contributed by atoms with Crippen molar-refractivity contribution in [2.24, 2.45) is 0 Å². The minimum atomic E-state index is -0.186. The van der Waals surface area contributed by atoms with E-state index in [1.807, 2.05) is 27.7 Å². The number of nitrogens with one attached hydrogen (secondary N) is 1. The smallest absolute Gasteiger partial charge is 0.217 e. The molecule has 0 unspecified atom stereocenters. The third-order valence-electron chi connectivity index (χ3n) is 2.59. The maximum absolute atomic E-state index is 11.0. The number of rotatable bonds is 7. The fourth-order valence-electron chi connectivity index (χ4n) is 1.80. The molecule has 0 aliphatic rings. The Hall–Kier alpha value is -0.570. The van der Waals surface area contributed by atoms with Gasteiger partial charge in [-0.25, -0.2) is 0 Å². The van der Waals surface area contributed by atoms with Gasteiger partial charge in [0, 0.05) is 19.1 Å². The first kappa shape index (κ1) is 19.8. The van der Waals surface area contributed by atoms with Crippen LogP contribution in [0.25, 0.3) is 0 Å². The third-order valence-corrected chi connectivity index (χ3v) is 2.59. The van der Waals surface area contributed by atoms with Crippen molar-refractivity contribution in [2.45, 2.75) is 85.8 Å². The molecule has 0 saturated carbocycles. The van der Waals surface area contributed by atoms with Gasteiger partial charge in [0.1, 0.15) is 0 Å². The molecular formula is C15H33NO2. The van der Waals surface area contributed by atoms with Gasteiger partial charge in [0.2, 0.25) is 5.91 Å². The molecule has 110 valence electrons. The van der Waals surface area contributed by atoms with E-state index in [0.717, 1.165) is 19.3 Å². The number of amides is 1. The molecule has 0 saturated heterocycles. The molecular weight excluding hydrogens is 226 g/mol. The highest BCUT2D eigenvalue weighted by atomic mass is 16.5. The van der Waals surface area contributed by atoms with Crippen LogP contribution in [-0.2, 0) is 9.53 Å². The maximum atomic E-state index is 11.0. The van der Waals surface area contributed by atoms with Gasteiger partial charge in [0.05, 0.1) is 5.60 Å². The Balaban J connectivity index is 0. The summed E-state index contributed by atoms with van der Waals surface area (Å²) in [6.45, 7) is 16.6. The van der Waals surface area contributed by atoms with Crippen molar-refractivity contribution in [3.63, 3.8) is 0 Å². The van der Waals surface area contributed by atoms with Crippen LogP contribution >= 0.6 is 0 Å². The van der Waals surface area contributed by atoms with Crippen LogP contribution in [0.3, 0.4) is 0 Å². The molecule has 0 radical (unpaired) electrons. The Bertz CT molecular complexity index is 223. The summed E-state index contributed by atoms with van der Waals surface area (Å²) in [5.41, 5.74) is -0.241. The van der Waals surface area contributed by atoms with Gasteiger partial charge in [0.15, 0.2) is 0 Å². The molecule has 0 aliphatic carbocycles. The fraction of sp³-hybridized carbons (Fsp3) is 0.933. The van der Waals surface area contributed by atoms with Crippen LogP contribution in [0.2, 0.25) is 0 Å². The summed E-state index contributed by atoms with van der Waals surface area (Å²) in [7, 11) is 0. The maximum Gasteiger partial charge on any atom is 0.217 e. The normalized spacial score (nSPS) is 11.6. The van der Waals surface area contributed by atoms with Crippen LogP contribution in [0.4, 0.5) is 0 Å². The lowest BCUT2D eigenvalue weighted by atomic mass is 10.00. The van der Waals surface area contributed by atoms with Crippen LogP contribution in [0.5, 0.6) is 0 Å². The van der Waals surface area contributed by atoms with Crippen molar-refractivity contribution in [1.82, 2.24) is 5.32 Å². The second-order valence-corrected chi connectivity index (χ2v) is 5.67. The predicted molar refractivity (Wildman–Crippen MR) is 78.8 cm³/mol. The first-order chi connectivity index (χ1) is 8.18. The first-order valence-electron chi connectivity index (χ1n) is 7.11. The van der Waals surface area contributed by atoms with Crippen LogP contribution in [-0.4, -0.2) is 23.7 Å². The number of hydrogen-bond acceptors (Lipinski definition) is 2. The highest BCUT2D eigenvalue weighted by Crippen LogP contribution is 2.18. The summed E-state index contributed by atoms with van der Waals surface area (Å²) in [4.78, 5) is 11.0. The molecule has 0 aromatic rings. The van der Waals surface area contributed by atoms with E-state index >= 15 is 0 Å². The number of carbonyl (C=O) groups is 1. The summed E-state index contributed by atoms with van der Waals surface area (Å²) in [6.07, 6.45) is 3.02. The lowest BCUT2D eigenvalue weighted by Gasteiger charge is -2.29. The molecule has 18 heavy (non-hydrogen) atoms. The van der Waals surface area contributed by atoms with Crippen molar-refractivity contribution >= 4 is 5.91 Å². The van der Waals surface area contributed by atoms with Crippen molar-refractivity contribution < 1.29 is 9.53 Å². The topological polar surface area (TPSA) is 38.3 Å². The van der Waals surface area contributed by atoms with E-state index in [4.69, 9.17) is 4.74 Å². The zero-order valence-corrected chi connectivity index (χ0v) is 13.6. The van der Waals surface area contributed by atoms with Gasteiger partial charge in [-0.1, -0.05) is 27.2 Å². The molecule has 0 atom stereocenters. The van der Waals surface area contributed by atoms with Crippen LogP contribution in [0, 0.1) is 0 Å². The molecule has 0 spiro atoms. The number of ether oxygens (including phenoxy) is 1. The summed E-state index contributed by atoms with van der Waals surface area (Å²) in [5.74, 6) is 0.0119. The molecule has 3 nitrogen and oxygen atoms in total. The zero-order chi connectivity index (χ0) is 14.8. The Morgan fingerprint density at radius 1 is 1.11 bits per heavy atom. The van der Waals surface area contributed by atoms with Crippen LogP contribution < -0.4 is 5.32 Å². The Labute approximate surface area is 114 Å². The average molecular weight is 259 g/mol. The van der Waals surface area contributed by atoms with Crippen LogP contribution in [0.15, 0.2) is 0 Å². The molecule has 0 aromatic carbocycles. The summed E-state index contributed by atoms with van der Waals surface area (Å²) in [6, 6.07) is 0. The third kappa shape index (κ3) is 11.9. The molecule has 0 rings (SSSR count). The molecule has 1 N–H and O–H groups in total. The van der Waals surface area contributed by atoms with E-state index in [-0.39, 0.29) is 17.0 Å². The predicted octanol–water partition coefficient (Wildman–Crippen LogP) is 3.91. The van der Waals surface area contributed by atoms with E-state index in [0.29, 0.717) is 6.61 Å². The minimum Gasteiger partial charge on any atom is -0.375 e. The number of hydrogen-bond donors (Lipinski definition) is 1. The minimum absolute atomic E-state index is 0.0119. The lowest BCUT2D eigenvalue weighted by Crippen LogP contribution is -2.43. The quantitative estimate of drug-likeness (QED) is 0.752. The molecule has 0 aromatic heterocycles. The summed E-state index contributed by atoms with van der Waals surface area (Å²) < 4.78 is 5.84. The number of carbonyl (C=O) groups excluding carboxylic acids is 1. The molecule has 0 bridgehead atoms. The first-order valence-corrected chi connectivity index (χ1v) is 7.11. The van der Waals surface area contributed by atoms with Crippen molar-refractivity contribution in [3.05, 3.63) is 0 Å². The second kappa shape index (κ2) is 9.37. The Morgan fingerprint density at radius 2 is 1.61 bits per heavy atom. The van der Waals surface area contributed by atoms with E-state index in [9.17, 15) is 4.79 Å². The highest BCUT2D eigenvalue weighted by Gasteiger charge is 2.21. The van der Waals surface area contributed by atoms with E-state index in [2.05, 4.69) is 26.1 Å². The molecule has 1 amide bonds. The Kier molecular flexibility index (Phi) is 10.3. The Morgan fingerprint density at radius 3 is 2.00 bits per heavy atom. The lowest BCUT2D eigenvalue weighted by molar-refractivity contribution is -0.120. The van der Waals surface area contributed by atoms with Crippen molar-refractivity contribution in [3.8, 4) is 0 Å². The SMILES string of the molecule is CC.CCCC(C)(C)OCCC(C)(C)NC(C)=O. The largest absolute Gasteiger partial charge is 0.375 e.